The average Bonchev–Trinajstić information content (AvgIpc) is 2.89. The fourth-order valence-corrected chi connectivity index (χ4v) is 5.25. The first kappa shape index (κ1) is 29.2. The molecule has 1 unspecified atom stereocenters. The van der Waals surface area contributed by atoms with Gasteiger partial charge in [-0.2, -0.15) is 5.26 Å². The maximum atomic E-state index is 12.5. The van der Waals surface area contributed by atoms with E-state index in [9.17, 15) is 10.1 Å². The van der Waals surface area contributed by atoms with Crippen LogP contribution in [0.4, 0.5) is 0 Å². The van der Waals surface area contributed by atoms with Crippen LogP contribution in [0.2, 0.25) is 25.1 Å². The Labute approximate surface area is 250 Å². The van der Waals surface area contributed by atoms with Gasteiger partial charge in [-0.15, -0.1) is 0 Å². The quantitative estimate of drug-likeness (QED) is 0.132. The Morgan fingerprint density at radius 2 is 1.56 bits per heavy atom. The monoisotopic (exact) mass is 624 g/mol. The third-order valence-electron chi connectivity index (χ3n) is 6.04. The van der Waals surface area contributed by atoms with Crippen molar-refractivity contribution in [1.82, 2.24) is 0 Å². The molecule has 1 aliphatic heterocycles. The zero-order chi connectivity index (χ0) is 28.6. The lowest BCUT2D eigenvalue weighted by molar-refractivity contribution is -0.136. The van der Waals surface area contributed by atoms with Crippen molar-refractivity contribution in [2.75, 3.05) is 6.61 Å². The highest BCUT2D eigenvalue weighted by Gasteiger charge is 2.31. The Kier molecular flexibility index (Phi) is 8.51. The van der Waals surface area contributed by atoms with Crippen molar-refractivity contribution >= 4 is 64.0 Å². The number of nitrogens with two attached hydrogens (primary N) is 1. The summed E-state index contributed by atoms with van der Waals surface area (Å²) in [4.78, 5) is 12.5. The first-order chi connectivity index (χ1) is 18.3. The van der Waals surface area contributed by atoms with Crippen LogP contribution in [0.1, 0.15) is 43.4 Å². The van der Waals surface area contributed by atoms with Crippen LogP contribution in [0.25, 0.3) is 0 Å². The fourth-order valence-electron chi connectivity index (χ4n) is 4.02. The summed E-state index contributed by atoms with van der Waals surface area (Å²) in [5, 5.41) is 9.48. The number of allylic oxidation sites excluding steroid dienone is 1. The van der Waals surface area contributed by atoms with Gasteiger partial charge in [-0.25, -0.2) is 4.79 Å². The molecule has 3 aromatic carbocycles. The number of carbonyl (C=O) groups excluding carboxylic acids is 1. The van der Waals surface area contributed by atoms with E-state index in [2.05, 4.69) is 26.8 Å². The largest absolute Gasteiger partial charge is 0.479 e. The summed E-state index contributed by atoms with van der Waals surface area (Å²) in [5.74, 6) is -0.833. The van der Waals surface area contributed by atoms with Crippen LogP contribution in [0.15, 0.2) is 53.9 Å². The lowest BCUT2D eigenvalue weighted by Gasteiger charge is -2.27. The van der Waals surface area contributed by atoms with Gasteiger partial charge in [0.15, 0.2) is 12.4 Å². The van der Waals surface area contributed by atoms with Crippen molar-refractivity contribution in [2.24, 2.45) is 5.73 Å². The Bertz CT molecular complexity index is 1510. The first-order valence-corrected chi connectivity index (χ1v) is 13.4. The summed E-state index contributed by atoms with van der Waals surface area (Å²) in [6, 6.07) is 15.0. The molecule has 0 radical (unpaired) electrons. The number of fused-ring (bicyclic) bond motifs is 1. The summed E-state index contributed by atoms with van der Waals surface area (Å²) >= 11 is 30.3. The molecule has 3 aromatic rings. The minimum Gasteiger partial charge on any atom is -0.479 e. The second kappa shape index (κ2) is 11.4. The molecule has 0 amide bonds. The van der Waals surface area contributed by atoms with Crippen molar-refractivity contribution < 1.29 is 19.0 Å². The van der Waals surface area contributed by atoms with Crippen LogP contribution in [0.3, 0.4) is 0 Å². The smallest absolute Gasteiger partial charge is 0.349 e. The molecule has 0 spiro atoms. The standard InChI is InChI=1S/C28H21Cl5N2O4/c1-28(2,3)14-6-4-13(5-7-14)20-16-9-8-15(10-18(16)39-27(35)17(20)11-34)38-19(36)12-37-26-24(32)22(30)21(29)23(31)25(26)33/h4-10,20H,12,35H2,1-3H3. The van der Waals surface area contributed by atoms with Gasteiger partial charge in [-0.1, -0.05) is 109 Å². The second-order valence-electron chi connectivity index (χ2n) is 9.66. The number of nitrogens with zero attached hydrogens (tertiary/aromatic N) is 1. The first-order valence-electron chi connectivity index (χ1n) is 11.5. The molecular weight excluding hydrogens is 606 g/mol. The maximum Gasteiger partial charge on any atom is 0.349 e. The summed E-state index contributed by atoms with van der Waals surface area (Å²) in [6.07, 6.45) is 0. The molecule has 202 valence electrons. The molecule has 6 nitrogen and oxygen atoms in total. The van der Waals surface area contributed by atoms with Crippen molar-refractivity contribution in [3.8, 4) is 23.3 Å². The molecule has 0 aliphatic carbocycles. The molecule has 0 saturated carbocycles. The van der Waals surface area contributed by atoms with Crippen LogP contribution in [0, 0.1) is 11.3 Å². The number of benzene rings is 3. The van der Waals surface area contributed by atoms with Crippen LogP contribution >= 0.6 is 58.0 Å². The topological polar surface area (TPSA) is 94.6 Å². The van der Waals surface area contributed by atoms with Crippen LogP contribution in [0.5, 0.6) is 17.2 Å². The minimum atomic E-state index is -0.768. The zero-order valence-electron chi connectivity index (χ0n) is 20.9. The lowest BCUT2D eigenvalue weighted by atomic mass is 9.81. The molecule has 0 saturated heterocycles. The molecular formula is C28H21Cl5N2O4. The summed E-state index contributed by atoms with van der Waals surface area (Å²) in [7, 11) is 0. The highest BCUT2D eigenvalue weighted by atomic mass is 35.5. The van der Waals surface area contributed by atoms with Gasteiger partial charge in [0.05, 0.1) is 21.0 Å². The average molecular weight is 627 g/mol. The summed E-state index contributed by atoms with van der Waals surface area (Å²) in [5.41, 5.74) is 9.11. The highest BCUT2D eigenvalue weighted by molar-refractivity contribution is 6.55. The number of nitriles is 1. The van der Waals surface area contributed by atoms with Crippen molar-refractivity contribution in [3.05, 3.63) is 95.7 Å². The molecule has 1 aliphatic rings. The Morgan fingerprint density at radius 1 is 0.974 bits per heavy atom. The van der Waals surface area contributed by atoms with E-state index in [1.54, 1.807) is 12.1 Å². The molecule has 11 heteroatoms. The van der Waals surface area contributed by atoms with Gasteiger partial charge in [0, 0.05) is 11.6 Å². The number of ether oxygens (including phenoxy) is 3. The Balaban J connectivity index is 1.56. The summed E-state index contributed by atoms with van der Waals surface area (Å²) in [6.45, 7) is 5.82. The Hall–Kier alpha value is -2.79. The molecule has 1 heterocycles. The van der Waals surface area contributed by atoms with Crippen molar-refractivity contribution in [1.29, 1.82) is 5.26 Å². The van der Waals surface area contributed by atoms with Gasteiger partial charge in [-0.3, -0.25) is 0 Å². The van der Waals surface area contributed by atoms with E-state index < -0.39 is 18.5 Å². The molecule has 0 bridgehead atoms. The maximum absolute atomic E-state index is 12.5. The number of carbonyl (C=O) groups is 1. The fraction of sp³-hybridized carbons (Fsp3) is 0.214. The number of esters is 1. The predicted molar refractivity (Wildman–Crippen MR) is 154 cm³/mol. The van der Waals surface area contributed by atoms with Crippen molar-refractivity contribution in [2.45, 2.75) is 32.1 Å². The third kappa shape index (κ3) is 5.89. The van der Waals surface area contributed by atoms with E-state index >= 15 is 0 Å². The number of rotatable bonds is 5. The lowest BCUT2D eigenvalue weighted by Crippen LogP contribution is -2.22. The summed E-state index contributed by atoms with van der Waals surface area (Å²) < 4.78 is 16.6. The molecule has 4 rings (SSSR count). The normalized spacial score (nSPS) is 14.8. The molecule has 0 aromatic heterocycles. The molecule has 0 fully saturated rings. The van der Waals surface area contributed by atoms with Crippen molar-refractivity contribution in [3.63, 3.8) is 0 Å². The second-order valence-corrected chi connectivity index (χ2v) is 11.5. The molecule has 2 N–H and O–H groups in total. The van der Waals surface area contributed by atoms with Gasteiger partial charge in [0.2, 0.25) is 5.88 Å². The minimum absolute atomic E-state index is 0.0235. The van der Waals surface area contributed by atoms with Crippen LogP contribution in [-0.4, -0.2) is 12.6 Å². The zero-order valence-corrected chi connectivity index (χ0v) is 24.7. The van der Waals surface area contributed by atoms with E-state index in [4.69, 9.17) is 77.9 Å². The third-order valence-corrected chi connectivity index (χ3v) is 8.28. The van der Waals surface area contributed by atoms with Gasteiger partial charge in [-0.05, 0) is 22.6 Å². The van der Waals surface area contributed by atoms with E-state index in [0.717, 1.165) is 11.1 Å². The SMILES string of the molecule is CC(C)(C)c1ccc(C2C(C#N)=C(N)Oc3cc(OC(=O)COc4c(Cl)c(Cl)c(Cl)c(Cl)c4Cl)ccc32)cc1. The molecule has 39 heavy (non-hydrogen) atoms. The number of hydrogen-bond donors (Lipinski definition) is 1. The van der Waals surface area contributed by atoms with E-state index in [-0.39, 0.29) is 53.5 Å². The van der Waals surface area contributed by atoms with E-state index in [1.165, 1.54) is 6.07 Å². The van der Waals surface area contributed by atoms with Crippen LogP contribution in [-0.2, 0) is 10.2 Å². The van der Waals surface area contributed by atoms with Gasteiger partial charge in [0.1, 0.15) is 33.2 Å². The molecule has 1 atom stereocenters. The number of hydrogen-bond acceptors (Lipinski definition) is 6. The van der Waals surface area contributed by atoms with E-state index in [1.807, 2.05) is 24.3 Å². The van der Waals surface area contributed by atoms with Crippen LogP contribution < -0.4 is 19.9 Å². The predicted octanol–water partition coefficient (Wildman–Crippen LogP) is 8.45. The van der Waals surface area contributed by atoms with Gasteiger partial charge < -0.3 is 19.9 Å². The Morgan fingerprint density at radius 3 is 2.13 bits per heavy atom. The van der Waals surface area contributed by atoms with Gasteiger partial charge >= 0.3 is 5.97 Å². The number of halogens is 5. The highest BCUT2D eigenvalue weighted by Crippen LogP contribution is 2.48. The van der Waals surface area contributed by atoms with Gasteiger partial charge in [0.25, 0.3) is 0 Å². The van der Waals surface area contributed by atoms with E-state index in [0.29, 0.717) is 11.3 Å².